The van der Waals surface area contributed by atoms with Gasteiger partial charge in [-0.1, -0.05) is 12.1 Å². The van der Waals surface area contributed by atoms with Crippen LogP contribution in [0.15, 0.2) is 49.1 Å². The summed E-state index contributed by atoms with van der Waals surface area (Å²) in [7, 11) is 1.68. The number of imidazole rings is 1. The first-order chi connectivity index (χ1) is 12.8. The molecule has 1 saturated heterocycles. The molecule has 6 heteroatoms. The summed E-state index contributed by atoms with van der Waals surface area (Å²) in [4.78, 5) is 15.9. The van der Waals surface area contributed by atoms with E-state index < -0.39 is 0 Å². The predicted octanol–water partition coefficient (Wildman–Crippen LogP) is 3.56. The summed E-state index contributed by atoms with van der Waals surface area (Å²) < 4.78 is 7.40. The van der Waals surface area contributed by atoms with Crippen LogP contribution in [0.3, 0.4) is 0 Å². The SMILES string of the molecule is COc1ccc([C@@H](C)n2ccnc2-c2cnc(N3CCCC3)nc2)cc1. The molecule has 0 spiro atoms. The van der Waals surface area contributed by atoms with Crippen LogP contribution in [-0.2, 0) is 0 Å². The van der Waals surface area contributed by atoms with Gasteiger partial charge in [0.1, 0.15) is 11.6 Å². The number of rotatable bonds is 5. The molecule has 6 nitrogen and oxygen atoms in total. The van der Waals surface area contributed by atoms with Gasteiger partial charge in [0.25, 0.3) is 0 Å². The molecule has 26 heavy (non-hydrogen) atoms. The van der Waals surface area contributed by atoms with E-state index in [1.165, 1.54) is 18.4 Å². The van der Waals surface area contributed by atoms with E-state index in [0.29, 0.717) is 0 Å². The maximum absolute atomic E-state index is 5.25. The highest BCUT2D eigenvalue weighted by Crippen LogP contribution is 2.26. The Balaban J connectivity index is 1.59. The minimum atomic E-state index is 0.150. The summed E-state index contributed by atoms with van der Waals surface area (Å²) in [5.74, 6) is 2.55. The number of nitrogens with zero attached hydrogens (tertiary/aromatic N) is 5. The van der Waals surface area contributed by atoms with Crippen LogP contribution < -0.4 is 9.64 Å². The minimum absolute atomic E-state index is 0.150. The number of benzene rings is 1. The van der Waals surface area contributed by atoms with Gasteiger partial charge in [0.15, 0.2) is 0 Å². The summed E-state index contributed by atoms with van der Waals surface area (Å²) in [5.41, 5.74) is 2.12. The maximum atomic E-state index is 5.25. The quantitative estimate of drug-likeness (QED) is 0.705. The predicted molar refractivity (Wildman–Crippen MR) is 102 cm³/mol. The third-order valence-electron chi connectivity index (χ3n) is 4.97. The van der Waals surface area contributed by atoms with Gasteiger partial charge in [0.2, 0.25) is 5.95 Å². The standard InChI is InChI=1S/C20H23N5O/c1-15(16-5-7-18(26-2)8-6-16)25-12-9-21-19(25)17-13-22-20(23-14-17)24-10-3-4-11-24/h5-9,12-15H,3-4,10-11H2,1-2H3/t15-/m1/s1. The van der Waals surface area contributed by atoms with E-state index in [0.717, 1.165) is 36.2 Å². The molecule has 3 aromatic rings. The third-order valence-corrected chi connectivity index (χ3v) is 4.97. The summed E-state index contributed by atoms with van der Waals surface area (Å²) in [5, 5.41) is 0. The van der Waals surface area contributed by atoms with E-state index in [2.05, 4.69) is 43.5 Å². The molecule has 0 bridgehead atoms. The van der Waals surface area contributed by atoms with Crippen molar-refractivity contribution in [3.05, 3.63) is 54.6 Å². The highest BCUT2D eigenvalue weighted by molar-refractivity contribution is 5.54. The van der Waals surface area contributed by atoms with Crippen molar-refractivity contribution in [3.63, 3.8) is 0 Å². The van der Waals surface area contributed by atoms with Crippen molar-refractivity contribution >= 4 is 5.95 Å². The first kappa shape index (κ1) is 16.6. The number of ether oxygens (including phenoxy) is 1. The van der Waals surface area contributed by atoms with E-state index in [1.54, 1.807) is 7.11 Å². The monoisotopic (exact) mass is 349 g/mol. The second kappa shape index (κ2) is 7.15. The molecular weight excluding hydrogens is 326 g/mol. The summed E-state index contributed by atoms with van der Waals surface area (Å²) in [6.45, 7) is 4.25. The molecule has 0 N–H and O–H groups in total. The van der Waals surface area contributed by atoms with Gasteiger partial charge in [-0.3, -0.25) is 0 Å². The lowest BCUT2D eigenvalue weighted by Gasteiger charge is -2.18. The summed E-state index contributed by atoms with van der Waals surface area (Å²) >= 11 is 0. The van der Waals surface area contributed by atoms with Gasteiger partial charge in [0, 0.05) is 37.9 Å². The number of methoxy groups -OCH3 is 1. The van der Waals surface area contributed by atoms with Crippen molar-refractivity contribution < 1.29 is 4.74 Å². The van der Waals surface area contributed by atoms with Crippen LogP contribution in [-0.4, -0.2) is 39.7 Å². The lowest BCUT2D eigenvalue weighted by Crippen LogP contribution is -2.20. The number of hydrogen-bond acceptors (Lipinski definition) is 5. The summed E-state index contributed by atoms with van der Waals surface area (Å²) in [6.07, 6.45) is 10.0. The van der Waals surface area contributed by atoms with Crippen molar-refractivity contribution in [3.8, 4) is 17.1 Å². The molecule has 0 amide bonds. The minimum Gasteiger partial charge on any atom is -0.497 e. The van der Waals surface area contributed by atoms with Crippen LogP contribution >= 0.6 is 0 Å². The van der Waals surface area contributed by atoms with E-state index in [1.807, 2.05) is 36.9 Å². The van der Waals surface area contributed by atoms with Crippen molar-refractivity contribution in [2.75, 3.05) is 25.1 Å². The molecule has 0 unspecified atom stereocenters. The zero-order valence-electron chi connectivity index (χ0n) is 15.2. The fourth-order valence-electron chi connectivity index (χ4n) is 3.41. The van der Waals surface area contributed by atoms with Crippen LogP contribution in [0.4, 0.5) is 5.95 Å². The Hall–Kier alpha value is -2.89. The fraction of sp³-hybridized carbons (Fsp3) is 0.350. The van der Waals surface area contributed by atoms with Crippen LogP contribution in [0.1, 0.15) is 31.4 Å². The normalized spacial score (nSPS) is 15.2. The van der Waals surface area contributed by atoms with Gasteiger partial charge in [-0.2, -0.15) is 0 Å². The van der Waals surface area contributed by atoms with Crippen molar-refractivity contribution in [2.45, 2.75) is 25.8 Å². The molecule has 134 valence electrons. The van der Waals surface area contributed by atoms with Gasteiger partial charge < -0.3 is 14.2 Å². The zero-order valence-corrected chi connectivity index (χ0v) is 15.2. The van der Waals surface area contributed by atoms with Gasteiger partial charge >= 0.3 is 0 Å². The largest absolute Gasteiger partial charge is 0.497 e. The molecule has 1 aromatic carbocycles. The Morgan fingerprint density at radius 2 is 1.69 bits per heavy atom. The molecule has 1 aliphatic rings. The van der Waals surface area contributed by atoms with Crippen molar-refractivity contribution in [1.29, 1.82) is 0 Å². The number of aromatic nitrogens is 4. The number of hydrogen-bond donors (Lipinski definition) is 0. The molecule has 1 atom stereocenters. The van der Waals surface area contributed by atoms with Gasteiger partial charge in [-0.25, -0.2) is 15.0 Å². The molecule has 4 rings (SSSR count). The molecule has 1 fully saturated rings. The van der Waals surface area contributed by atoms with Gasteiger partial charge in [-0.15, -0.1) is 0 Å². The zero-order chi connectivity index (χ0) is 17.9. The Kier molecular flexibility index (Phi) is 4.56. The average Bonchev–Trinajstić information content (AvgIpc) is 3.39. The van der Waals surface area contributed by atoms with E-state index in [-0.39, 0.29) is 6.04 Å². The molecule has 0 aliphatic carbocycles. The molecular formula is C20H23N5O. The van der Waals surface area contributed by atoms with Crippen LogP contribution in [0.5, 0.6) is 5.75 Å². The fourth-order valence-corrected chi connectivity index (χ4v) is 3.41. The van der Waals surface area contributed by atoms with E-state index in [9.17, 15) is 0 Å². The van der Waals surface area contributed by atoms with Crippen LogP contribution in [0.25, 0.3) is 11.4 Å². The van der Waals surface area contributed by atoms with Crippen LogP contribution in [0, 0.1) is 0 Å². The average molecular weight is 349 g/mol. The Bertz CT molecular complexity index is 851. The Morgan fingerprint density at radius 3 is 2.35 bits per heavy atom. The molecule has 0 radical (unpaired) electrons. The van der Waals surface area contributed by atoms with Crippen molar-refractivity contribution in [2.24, 2.45) is 0 Å². The molecule has 3 heterocycles. The van der Waals surface area contributed by atoms with E-state index in [4.69, 9.17) is 4.74 Å². The van der Waals surface area contributed by atoms with Crippen molar-refractivity contribution in [1.82, 2.24) is 19.5 Å². The molecule has 0 saturated carbocycles. The highest BCUT2D eigenvalue weighted by Gasteiger charge is 2.17. The van der Waals surface area contributed by atoms with Crippen LogP contribution in [0.2, 0.25) is 0 Å². The first-order valence-corrected chi connectivity index (χ1v) is 9.00. The number of anilines is 1. The van der Waals surface area contributed by atoms with Gasteiger partial charge in [-0.05, 0) is 37.5 Å². The highest BCUT2D eigenvalue weighted by atomic mass is 16.5. The lowest BCUT2D eigenvalue weighted by atomic mass is 10.1. The summed E-state index contributed by atoms with van der Waals surface area (Å²) in [6, 6.07) is 8.28. The van der Waals surface area contributed by atoms with E-state index >= 15 is 0 Å². The Morgan fingerprint density at radius 1 is 1.00 bits per heavy atom. The third kappa shape index (κ3) is 3.14. The second-order valence-corrected chi connectivity index (χ2v) is 6.57. The topological polar surface area (TPSA) is 56.1 Å². The molecule has 1 aliphatic heterocycles. The van der Waals surface area contributed by atoms with Gasteiger partial charge in [0.05, 0.1) is 18.7 Å². The Labute approximate surface area is 153 Å². The first-order valence-electron chi connectivity index (χ1n) is 9.00. The maximum Gasteiger partial charge on any atom is 0.225 e. The molecule has 2 aromatic heterocycles. The second-order valence-electron chi connectivity index (χ2n) is 6.57. The lowest BCUT2D eigenvalue weighted by molar-refractivity contribution is 0.414. The smallest absolute Gasteiger partial charge is 0.225 e.